The number of rotatable bonds is 6. The Morgan fingerprint density at radius 2 is 1.63 bits per heavy atom. The predicted octanol–water partition coefficient (Wildman–Crippen LogP) is 3.36. The van der Waals surface area contributed by atoms with Crippen molar-refractivity contribution in [3.8, 4) is 0 Å². The third-order valence-corrected chi connectivity index (χ3v) is 6.94. The Morgan fingerprint density at radius 3 is 2.19 bits per heavy atom. The van der Waals surface area contributed by atoms with Crippen LogP contribution in [0.15, 0.2) is 24.3 Å². The minimum atomic E-state index is -0.288. The Balaban J connectivity index is 1.33. The largest absolute Gasteiger partial charge is 0.350 e. The molecule has 4 aliphatic carbocycles. The van der Waals surface area contributed by atoms with E-state index in [1.807, 2.05) is 6.92 Å². The van der Waals surface area contributed by atoms with Gasteiger partial charge in [0.2, 0.25) is 11.8 Å². The second-order valence-corrected chi connectivity index (χ2v) is 8.71. The van der Waals surface area contributed by atoms with Crippen LogP contribution in [0.5, 0.6) is 0 Å². The molecule has 4 saturated carbocycles. The van der Waals surface area contributed by atoms with Crippen LogP contribution in [0.1, 0.15) is 44.6 Å². The predicted molar refractivity (Wildman–Crippen MR) is 101 cm³/mol. The molecule has 0 aromatic heterocycles. The highest BCUT2D eigenvalue weighted by Crippen LogP contribution is 2.56. The molecule has 5 rings (SSSR count). The number of hydrogen-bond acceptors (Lipinski definition) is 2. The molecule has 1 aromatic carbocycles. The first kappa shape index (κ1) is 18.5. The van der Waals surface area contributed by atoms with E-state index < -0.39 is 0 Å². The van der Waals surface area contributed by atoms with Crippen molar-refractivity contribution in [3.63, 3.8) is 0 Å². The van der Waals surface area contributed by atoms with Crippen molar-refractivity contribution in [1.29, 1.82) is 0 Å². The Kier molecular flexibility index (Phi) is 5.20. The summed E-state index contributed by atoms with van der Waals surface area (Å²) in [5, 5.41) is 2.85. The highest BCUT2D eigenvalue weighted by Gasteiger charge is 2.51. The van der Waals surface area contributed by atoms with Crippen molar-refractivity contribution in [3.05, 3.63) is 35.6 Å². The van der Waals surface area contributed by atoms with E-state index in [4.69, 9.17) is 0 Å². The lowest BCUT2D eigenvalue weighted by atomic mass is 9.51. The number of carbonyl (C=O) groups is 2. The maximum absolute atomic E-state index is 13.2. The van der Waals surface area contributed by atoms with Gasteiger partial charge in [-0.3, -0.25) is 9.59 Å². The quantitative estimate of drug-likeness (QED) is 0.832. The Morgan fingerprint density at radius 1 is 1.04 bits per heavy atom. The third-order valence-electron chi connectivity index (χ3n) is 6.94. The van der Waals surface area contributed by atoms with Gasteiger partial charge in [0.15, 0.2) is 0 Å². The summed E-state index contributed by atoms with van der Waals surface area (Å²) >= 11 is 0. The molecule has 5 heteroatoms. The van der Waals surface area contributed by atoms with E-state index in [2.05, 4.69) is 5.32 Å². The van der Waals surface area contributed by atoms with Crippen molar-refractivity contribution in [1.82, 2.24) is 10.2 Å². The van der Waals surface area contributed by atoms with E-state index in [1.165, 1.54) is 44.2 Å². The molecule has 0 unspecified atom stereocenters. The lowest BCUT2D eigenvalue weighted by Crippen LogP contribution is -2.53. The molecule has 0 saturated heterocycles. The highest BCUT2D eigenvalue weighted by molar-refractivity contribution is 5.86. The Hall–Kier alpha value is -1.91. The molecule has 4 aliphatic rings. The number of nitrogens with one attached hydrogen (secondary N) is 1. The van der Waals surface area contributed by atoms with Crippen LogP contribution in [-0.2, 0) is 16.1 Å². The summed E-state index contributed by atoms with van der Waals surface area (Å²) in [6.07, 6.45) is 6.20. The van der Waals surface area contributed by atoms with Crippen molar-refractivity contribution >= 4 is 11.8 Å². The number of nitrogens with zero attached hydrogens (tertiary/aromatic N) is 1. The van der Waals surface area contributed by atoms with Crippen molar-refractivity contribution in [2.24, 2.45) is 29.6 Å². The molecule has 1 aromatic rings. The minimum Gasteiger partial charge on any atom is -0.350 e. The van der Waals surface area contributed by atoms with Crippen LogP contribution in [-0.4, -0.2) is 29.8 Å². The molecule has 0 aliphatic heterocycles. The number of carbonyl (C=O) groups excluding carboxylic acids is 2. The van der Waals surface area contributed by atoms with Crippen LogP contribution in [0.3, 0.4) is 0 Å². The zero-order valence-electron chi connectivity index (χ0n) is 16.0. The topological polar surface area (TPSA) is 49.4 Å². The Labute approximate surface area is 160 Å². The van der Waals surface area contributed by atoms with E-state index >= 15 is 0 Å². The monoisotopic (exact) mass is 372 g/mol. The van der Waals surface area contributed by atoms with Crippen LogP contribution in [0, 0.1) is 35.4 Å². The van der Waals surface area contributed by atoms with Crippen LogP contribution in [0.25, 0.3) is 0 Å². The normalized spacial score (nSPS) is 31.0. The van der Waals surface area contributed by atoms with Gasteiger partial charge in [-0.2, -0.15) is 0 Å². The minimum absolute atomic E-state index is 0.110. The lowest BCUT2D eigenvalue weighted by molar-refractivity contribution is -0.151. The summed E-state index contributed by atoms with van der Waals surface area (Å²) in [6, 6.07) is 6.09. The molecule has 146 valence electrons. The van der Waals surface area contributed by atoms with Gasteiger partial charge >= 0.3 is 0 Å². The van der Waals surface area contributed by atoms with Gasteiger partial charge in [0.05, 0.1) is 6.54 Å². The molecule has 0 spiro atoms. The summed E-state index contributed by atoms with van der Waals surface area (Å²) in [7, 11) is 0. The van der Waals surface area contributed by atoms with E-state index in [0.717, 1.165) is 17.4 Å². The van der Waals surface area contributed by atoms with E-state index in [1.54, 1.807) is 17.0 Å². The molecule has 0 atom stereocenters. The van der Waals surface area contributed by atoms with E-state index in [-0.39, 0.29) is 30.1 Å². The summed E-state index contributed by atoms with van der Waals surface area (Å²) in [6.45, 7) is 2.97. The maximum Gasteiger partial charge on any atom is 0.239 e. The van der Waals surface area contributed by atoms with Gasteiger partial charge in [0.1, 0.15) is 5.82 Å². The van der Waals surface area contributed by atoms with Crippen molar-refractivity contribution < 1.29 is 14.0 Å². The summed E-state index contributed by atoms with van der Waals surface area (Å²) in [4.78, 5) is 27.3. The number of hydrogen-bond donors (Lipinski definition) is 1. The molecule has 0 radical (unpaired) electrons. The van der Waals surface area contributed by atoms with Gasteiger partial charge in [-0.05, 0) is 80.4 Å². The average Bonchev–Trinajstić information content (AvgIpc) is 2.64. The maximum atomic E-state index is 13.2. The first-order chi connectivity index (χ1) is 13.0. The highest BCUT2D eigenvalue weighted by atomic mass is 19.1. The van der Waals surface area contributed by atoms with Gasteiger partial charge in [0, 0.05) is 19.0 Å². The fourth-order valence-electron chi connectivity index (χ4n) is 5.92. The molecular weight excluding hydrogens is 343 g/mol. The molecular formula is C22H29FN2O2. The van der Waals surface area contributed by atoms with Crippen molar-refractivity contribution in [2.75, 3.05) is 13.1 Å². The smallest absolute Gasteiger partial charge is 0.239 e. The van der Waals surface area contributed by atoms with Crippen LogP contribution in [0.2, 0.25) is 0 Å². The SMILES string of the molecule is CCN(CC(=O)NCc1ccc(F)cc1)C(=O)C1C2CC3CC(C2)CC1C3. The number of amides is 2. The number of benzene rings is 1. The molecule has 1 N–H and O–H groups in total. The van der Waals surface area contributed by atoms with Crippen LogP contribution in [0.4, 0.5) is 4.39 Å². The van der Waals surface area contributed by atoms with Gasteiger partial charge in [-0.15, -0.1) is 0 Å². The summed E-state index contributed by atoms with van der Waals surface area (Å²) in [5.74, 6) is 2.61. The fraction of sp³-hybridized carbons (Fsp3) is 0.636. The number of halogens is 1. The molecule has 2 amide bonds. The molecule has 27 heavy (non-hydrogen) atoms. The Bertz CT molecular complexity index is 675. The first-order valence-corrected chi connectivity index (χ1v) is 10.3. The second kappa shape index (κ2) is 7.61. The van der Waals surface area contributed by atoms with E-state index in [0.29, 0.717) is 24.9 Å². The number of likely N-dealkylation sites (N-methyl/N-ethyl adjacent to an activating group) is 1. The van der Waals surface area contributed by atoms with Gasteiger partial charge < -0.3 is 10.2 Å². The van der Waals surface area contributed by atoms with Crippen LogP contribution >= 0.6 is 0 Å². The van der Waals surface area contributed by atoms with Gasteiger partial charge in [-0.1, -0.05) is 12.1 Å². The van der Waals surface area contributed by atoms with Gasteiger partial charge in [-0.25, -0.2) is 4.39 Å². The summed E-state index contributed by atoms with van der Waals surface area (Å²) in [5.41, 5.74) is 0.847. The first-order valence-electron chi connectivity index (χ1n) is 10.3. The van der Waals surface area contributed by atoms with Gasteiger partial charge in [0.25, 0.3) is 0 Å². The lowest BCUT2D eigenvalue weighted by Gasteiger charge is -2.54. The molecule has 4 fully saturated rings. The van der Waals surface area contributed by atoms with E-state index in [9.17, 15) is 14.0 Å². The fourth-order valence-corrected chi connectivity index (χ4v) is 5.92. The van der Waals surface area contributed by atoms with Crippen molar-refractivity contribution in [2.45, 2.75) is 45.6 Å². The third kappa shape index (κ3) is 3.87. The molecule has 4 nitrogen and oxygen atoms in total. The zero-order chi connectivity index (χ0) is 19.0. The van der Waals surface area contributed by atoms with Crippen LogP contribution < -0.4 is 5.32 Å². The standard InChI is InChI=1S/C22H29FN2O2/c1-2-25(13-20(26)24-12-14-3-5-19(23)6-4-14)22(27)21-17-8-15-7-16(10-17)11-18(21)9-15/h3-6,15-18,21H,2,7-13H2,1H3,(H,24,26). The molecule has 4 bridgehead atoms. The zero-order valence-corrected chi connectivity index (χ0v) is 16.0. The average molecular weight is 372 g/mol. The molecule has 0 heterocycles. The second-order valence-electron chi connectivity index (χ2n) is 8.71. The summed E-state index contributed by atoms with van der Waals surface area (Å²) < 4.78 is 13.0.